The molecule has 0 aliphatic heterocycles. The predicted molar refractivity (Wildman–Crippen MR) is 113 cm³/mol. The molecule has 0 saturated carbocycles. The molecule has 4 rings (SSSR count). The molecule has 2 heterocycles. The summed E-state index contributed by atoms with van der Waals surface area (Å²) in [6.45, 7) is 2.64. The van der Waals surface area contributed by atoms with Crippen molar-refractivity contribution in [2.24, 2.45) is 5.92 Å². The molecule has 0 spiro atoms. The molecular weight excluding hydrogens is 388 g/mol. The molecule has 1 aliphatic rings. The Morgan fingerprint density at radius 1 is 1.31 bits per heavy atom. The molecular formula is C22H23ClN4O2. The van der Waals surface area contributed by atoms with Gasteiger partial charge in [0.05, 0.1) is 5.39 Å². The van der Waals surface area contributed by atoms with Crippen molar-refractivity contribution in [2.75, 3.05) is 6.54 Å². The summed E-state index contributed by atoms with van der Waals surface area (Å²) in [6, 6.07) is 9.43. The highest BCUT2D eigenvalue weighted by atomic mass is 35.5. The number of amides is 1. The van der Waals surface area contributed by atoms with E-state index in [1.54, 1.807) is 0 Å². The smallest absolute Gasteiger partial charge is 0.263 e. The maximum Gasteiger partial charge on any atom is 0.263 e. The molecule has 29 heavy (non-hydrogen) atoms. The maximum atomic E-state index is 12.8. The van der Waals surface area contributed by atoms with E-state index in [1.807, 2.05) is 30.3 Å². The number of fused-ring (bicyclic) bond motifs is 2. The number of nitrogens with zero attached hydrogens (tertiary/aromatic N) is 3. The average Bonchev–Trinajstić information content (AvgIpc) is 2.71. The van der Waals surface area contributed by atoms with Crippen molar-refractivity contribution in [1.82, 2.24) is 19.9 Å². The number of rotatable bonds is 5. The Morgan fingerprint density at radius 2 is 2.10 bits per heavy atom. The number of benzene rings is 1. The minimum atomic E-state index is -0.226. The zero-order valence-electron chi connectivity index (χ0n) is 16.3. The standard InChI is InChI=1S/C22H23ClN4O2/c1-14-2-7-19-16(10-14)11-18-21(26-19)25-13-27(22(18)29)12-20(28)24-9-8-15-3-5-17(23)6-4-15/h3-6,11,13-14H,2,7-10,12H2,1H3,(H,24,28)/t14-/m0/s1. The first-order chi connectivity index (χ1) is 14.0. The lowest BCUT2D eigenvalue weighted by molar-refractivity contribution is -0.121. The Morgan fingerprint density at radius 3 is 2.90 bits per heavy atom. The number of pyridine rings is 1. The number of hydrogen-bond acceptors (Lipinski definition) is 4. The van der Waals surface area contributed by atoms with E-state index < -0.39 is 0 Å². The molecule has 0 unspecified atom stereocenters. The van der Waals surface area contributed by atoms with E-state index in [0.717, 1.165) is 36.1 Å². The van der Waals surface area contributed by atoms with Gasteiger partial charge in [-0.1, -0.05) is 30.7 Å². The minimum absolute atomic E-state index is 0.0596. The molecule has 7 heteroatoms. The number of halogens is 1. The molecule has 1 aliphatic carbocycles. The summed E-state index contributed by atoms with van der Waals surface area (Å²) in [7, 11) is 0. The molecule has 0 bridgehead atoms. The summed E-state index contributed by atoms with van der Waals surface area (Å²) >= 11 is 5.88. The quantitative estimate of drug-likeness (QED) is 0.701. The van der Waals surface area contributed by atoms with Crippen LogP contribution in [0.5, 0.6) is 0 Å². The second-order valence-corrected chi connectivity index (χ2v) is 8.15. The lowest BCUT2D eigenvalue weighted by Crippen LogP contribution is -2.33. The summed E-state index contributed by atoms with van der Waals surface area (Å²) in [6.07, 6.45) is 5.07. The van der Waals surface area contributed by atoms with E-state index in [1.165, 1.54) is 10.9 Å². The van der Waals surface area contributed by atoms with Crippen LogP contribution in [0.15, 0.2) is 41.5 Å². The summed E-state index contributed by atoms with van der Waals surface area (Å²) in [4.78, 5) is 34.0. The number of aromatic nitrogens is 3. The fraction of sp³-hybridized carbons (Fsp3) is 0.364. The highest BCUT2D eigenvalue weighted by molar-refractivity contribution is 6.30. The Hall–Kier alpha value is -2.73. The Bertz CT molecular complexity index is 1110. The molecule has 1 N–H and O–H groups in total. The largest absolute Gasteiger partial charge is 0.354 e. The zero-order chi connectivity index (χ0) is 20.4. The van der Waals surface area contributed by atoms with Crippen molar-refractivity contribution < 1.29 is 4.79 Å². The fourth-order valence-corrected chi connectivity index (χ4v) is 3.87. The van der Waals surface area contributed by atoms with Gasteiger partial charge in [-0.3, -0.25) is 14.2 Å². The number of carbonyl (C=O) groups excluding carboxylic acids is 1. The molecule has 0 saturated heterocycles. The maximum absolute atomic E-state index is 12.8. The first-order valence-corrected chi connectivity index (χ1v) is 10.3. The topological polar surface area (TPSA) is 76.9 Å². The summed E-state index contributed by atoms with van der Waals surface area (Å²) in [5.74, 6) is 0.369. The van der Waals surface area contributed by atoms with Gasteiger partial charge < -0.3 is 5.32 Å². The predicted octanol–water partition coefficient (Wildman–Crippen LogP) is 2.93. The lowest BCUT2D eigenvalue weighted by Gasteiger charge is -2.20. The van der Waals surface area contributed by atoms with Gasteiger partial charge in [0.15, 0.2) is 5.65 Å². The lowest BCUT2D eigenvalue weighted by atomic mass is 9.87. The third-order valence-corrected chi connectivity index (χ3v) is 5.64. The fourth-order valence-electron chi connectivity index (χ4n) is 3.74. The molecule has 0 radical (unpaired) electrons. The van der Waals surface area contributed by atoms with E-state index in [9.17, 15) is 9.59 Å². The van der Waals surface area contributed by atoms with Crippen molar-refractivity contribution in [1.29, 1.82) is 0 Å². The molecule has 3 aromatic rings. The minimum Gasteiger partial charge on any atom is -0.354 e. The van der Waals surface area contributed by atoms with Crippen LogP contribution in [-0.2, 0) is 30.6 Å². The normalized spacial score (nSPS) is 15.9. The van der Waals surface area contributed by atoms with Gasteiger partial charge in [-0.15, -0.1) is 0 Å². The van der Waals surface area contributed by atoms with Crippen LogP contribution >= 0.6 is 11.6 Å². The van der Waals surface area contributed by atoms with Crippen LogP contribution in [0.2, 0.25) is 5.02 Å². The van der Waals surface area contributed by atoms with Crippen LogP contribution in [0.25, 0.3) is 11.0 Å². The van der Waals surface area contributed by atoms with Gasteiger partial charge >= 0.3 is 0 Å². The number of hydrogen-bond donors (Lipinski definition) is 1. The molecule has 1 atom stereocenters. The zero-order valence-corrected chi connectivity index (χ0v) is 17.1. The molecule has 6 nitrogen and oxygen atoms in total. The third-order valence-electron chi connectivity index (χ3n) is 5.39. The van der Waals surface area contributed by atoms with E-state index >= 15 is 0 Å². The number of nitrogens with one attached hydrogen (secondary N) is 1. The average molecular weight is 411 g/mol. The van der Waals surface area contributed by atoms with Crippen LogP contribution in [0.3, 0.4) is 0 Å². The van der Waals surface area contributed by atoms with Crippen LogP contribution < -0.4 is 10.9 Å². The summed E-state index contributed by atoms with van der Waals surface area (Å²) in [5, 5.41) is 4.02. The van der Waals surface area contributed by atoms with Crippen molar-refractivity contribution in [3.8, 4) is 0 Å². The van der Waals surface area contributed by atoms with Gasteiger partial charge in [-0.05, 0) is 60.9 Å². The SMILES string of the molecule is C[C@H]1CCc2nc3ncn(CC(=O)NCCc4ccc(Cl)cc4)c(=O)c3cc2C1. The van der Waals surface area contributed by atoms with Gasteiger partial charge in [0.2, 0.25) is 5.91 Å². The van der Waals surface area contributed by atoms with E-state index in [2.05, 4.69) is 22.2 Å². The molecule has 150 valence electrons. The number of carbonyl (C=O) groups is 1. The summed E-state index contributed by atoms with van der Waals surface area (Å²) in [5.41, 5.74) is 3.49. The van der Waals surface area contributed by atoms with Gasteiger partial charge in [0.1, 0.15) is 12.9 Å². The van der Waals surface area contributed by atoms with E-state index in [0.29, 0.717) is 34.9 Å². The highest BCUT2D eigenvalue weighted by Gasteiger charge is 2.19. The van der Waals surface area contributed by atoms with E-state index in [4.69, 9.17) is 11.6 Å². The second-order valence-electron chi connectivity index (χ2n) is 7.72. The molecule has 1 amide bonds. The van der Waals surface area contributed by atoms with Crippen molar-refractivity contribution in [3.05, 3.63) is 68.9 Å². The molecule has 0 fully saturated rings. The van der Waals surface area contributed by atoms with Crippen molar-refractivity contribution in [3.63, 3.8) is 0 Å². The summed E-state index contributed by atoms with van der Waals surface area (Å²) < 4.78 is 1.35. The van der Waals surface area contributed by atoms with Crippen LogP contribution in [0, 0.1) is 5.92 Å². The van der Waals surface area contributed by atoms with Gasteiger partial charge in [-0.2, -0.15) is 0 Å². The van der Waals surface area contributed by atoms with Crippen LogP contribution in [0.4, 0.5) is 0 Å². The Balaban J connectivity index is 1.44. The van der Waals surface area contributed by atoms with Crippen LogP contribution in [-0.4, -0.2) is 27.0 Å². The highest BCUT2D eigenvalue weighted by Crippen LogP contribution is 2.25. The first kappa shape index (κ1) is 19.6. The van der Waals surface area contributed by atoms with Crippen LogP contribution in [0.1, 0.15) is 30.2 Å². The molecule has 1 aromatic carbocycles. The first-order valence-electron chi connectivity index (χ1n) is 9.88. The van der Waals surface area contributed by atoms with Crippen molar-refractivity contribution in [2.45, 2.75) is 39.2 Å². The van der Waals surface area contributed by atoms with Gasteiger partial charge in [-0.25, -0.2) is 9.97 Å². The van der Waals surface area contributed by atoms with Gasteiger partial charge in [0, 0.05) is 17.3 Å². The monoisotopic (exact) mass is 410 g/mol. The third kappa shape index (κ3) is 4.48. The second kappa shape index (κ2) is 8.33. The Kier molecular flexibility index (Phi) is 5.62. The van der Waals surface area contributed by atoms with Gasteiger partial charge in [0.25, 0.3) is 5.56 Å². The van der Waals surface area contributed by atoms with Crippen molar-refractivity contribution >= 4 is 28.5 Å². The Labute approximate surface area is 173 Å². The van der Waals surface area contributed by atoms with E-state index in [-0.39, 0.29) is 18.0 Å². The molecule has 2 aromatic heterocycles. The number of aryl methyl sites for hydroxylation is 1.